The number of hydrogen-bond donors (Lipinski definition) is 2. The molecule has 5 heteroatoms. The van der Waals surface area contributed by atoms with Gasteiger partial charge in [-0.15, -0.1) is 0 Å². The molecule has 32 heavy (non-hydrogen) atoms. The second kappa shape index (κ2) is 7.84. The first-order valence-corrected chi connectivity index (χ1v) is 13.0. The van der Waals surface area contributed by atoms with Crippen LogP contribution < -0.4 is 0 Å². The summed E-state index contributed by atoms with van der Waals surface area (Å²) in [5, 5.41) is 35.9. The Bertz CT molecular complexity index is 884. The number of nitrogens with zero attached hydrogens (tertiary/aromatic N) is 3. The summed E-state index contributed by atoms with van der Waals surface area (Å²) < 4.78 is 1.75. The van der Waals surface area contributed by atoms with Gasteiger partial charge in [-0.2, -0.15) is 10.4 Å². The Morgan fingerprint density at radius 3 is 2.69 bits per heavy atom. The summed E-state index contributed by atoms with van der Waals surface area (Å²) in [7, 11) is 0. The molecule has 5 nitrogen and oxygen atoms in total. The van der Waals surface area contributed by atoms with Crippen LogP contribution in [0.15, 0.2) is 12.4 Å². The van der Waals surface area contributed by atoms with Crippen molar-refractivity contribution in [3.63, 3.8) is 0 Å². The third-order valence-corrected chi connectivity index (χ3v) is 10.5. The van der Waals surface area contributed by atoms with E-state index >= 15 is 0 Å². The van der Waals surface area contributed by atoms with Gasteiger partial charge in [0.25, 0.3) is 0 Å². The minimum Gasteiger partial charge on any atom is -0.390 e. The highest BCUT2D eigenvalue weighted by atomic mass is 16.3. The van der Waals surface area contributed by atoms with Crippen molar-refractivity contribution in [3.8, 4) is 6.07 Å². The molecule has 1 aromatic rings. The molecular formula is C27H41N3O2. The minimum absolute atomic E-state index is 0.180. The van der Waals surface area contributed by atoms with Gasteiger partial charge in [-0.05, 0) is 113 Å². The predicted octanol–water partition coefficient (Wildman–Crippen LogP) is 4.92. The van der Waals surface area contributed by atoms with E-state index in [-0.39, 0.29) is 11.3 Å². The zero-order valence-electron chi connectivity index (χ0n) is 20.1. The molecule has 0 radical (unpaired) electrons. The maximum absolute atomic E-state index is 11.7. The van der Waals surface area contributed by atoms with Crippen LogP contribution in [0.3, 0.4) is 0 Å². The Balaban J connectivity index is 1.34. The number of aliphatic hydroxyl groups is 2. The third kappa shape index (κ3) is 3.72. The van der Waals surface area contributed by atoms with Gasteiger partial charge in [0, 0.05) is 6.20 Å². The molecular weight excluding hydrogens is 398 g/mol. The Kier molecular flexibility index (Phi) is 5.49. The zero-order chi connectivity index (χ0) is 22.7. The average Bonchev–Trinajstić information content (AvgIpc) is 3.27. The van der Waals surface area contributed by atoms with Crippen LogP contribution in [-0.4, -0.2) is 31.2 Å². The van der Waals surface area contributed by atoms with Crippen LogP contribution in [0.1, 0.15) is 90.5 Å². The Labute approximate surface area is 193 Å². The maximum atomic E-state index is 11.7. The monoisotopic (exact) mass is 439 g/mol. The molecule has 1 heterocycles. The van der Waals surface area contributed by atoms with Crippen molar-refractivity contribution >= 4 is 0 Å². The normalized spacial score (nSPS) is 45.6. The molecule has 176 valence electrons. The molecule has 5 rings (SSSR count). The molecule has 4 saturated carbocycles. The molecule has 0 aromatic carbocycles. The SMILES string of the molecule is CC(O)(Cn1cc(C#N)cn1)[C@H]1CC[C@H]2[C@@H]3CC[C@@H]4C[C@](C)(O)CCC[C@@H]4[C@H]3CC[C@]12C. The molecule has 1 aromatic heterocycles. The summed E-state index contributed by atoms with van der Waals surface area (Å²) in [6.07, 6.45) is 15.2. The van der Waals surface area contributed by atoms with E-state index in [1.807, 2.05) is 6.92 Å². The van der Waals surface area contributed by atoms with Gasteiger partial charge in [-0.3, -0.25) is 4.68 Å². The molecule has 0 spiro atoms. The second-order valence-corrected chi connectivity index (χ2v) is 12.6. The van der Waals surface area contributed by atoms with Crippen LogP contribution in [0, 0.1) is 52.3 Å². The Morgan fingerprint density at radius 1 is 1.12 bits per heavy atom. The number of rotatable bonds is 3. The van der Waals surface area contributed by atoms with Crippen molar-refractivity contribution in [1.29, 1.82) is 5.26 Å². The number of fused-ring (bicyclic) bond motifs is 5. The van der Waals surface area contributed by atoms with Crippen LogP contribution in [0.25, 0.3) is 0 Å². The molecule has 0 amide bonds. The highest BCUT2D eigenvalue weighted by Crippen LogP contribution is 2.65. The molecule has 4 aliphatic carbocycles. The minimum atomic E-state index is -0.826. The molecule has 0 bridgehead atoms. The van der Waals surface area contributed by atoms with E-state index in [9.17, 15) is 10.2 Å². The quantitative estimate of drug-likeness (QED) is 0.701. The summed E-state index contributed by atoms with van der Waals surface area (Å²) in [4.78, 5) is 0. The standard InChI is InChI=1S/C27H41N3O2/c1-25(31)11-4-5-20-19(13-25)6-7-22-21(20)10-12-26(2)23(22)8-9-24(26)27(3,32)17-30-16-18(14-28)15-29-30/h15-16,19-24,31-32H,4-13,17H2,1-3H3/t19-,20+,21-,22-,23+,24+,25-,26+,27?/m1/s1. The highest BCUT2D eigenvalue weighted by molar-refractivity contribution is 5.21. The van der Waals surface area contributed by atoms with Gasteiger partial charge in [0.05, 0.1) is 29.5 Å². The Hall–Kier alpha value is -1.38. The van der Waals surface area contributed by atoms with Gasteiger partial charge in [0.2, 0.25) is 0 Å². The van der Waals surface area contributed by atoms with E-state index < -0.39 is 11.2 Å². The maximum Gasteiger partial charge on any atom is 0.102 e. The van der Waals surface area contributed by atoms with Crippen molar-refractivity contribution in [1.82, 2.24) is 9.78 Å². The first-order chi connectivity index (χ1) is 15.1. The van der Waals surface area contributed by atoms with E-state index in [0.29, 0.717) is 23.9 Å². The first kappa shape index (κ1) is 22.4. The number of aromatic nitrogens is 2. The topological polar surface area (TPSA) is 82.1 Å². The summed E-state index contributed by atoms with van der Waals surface area (Å²) in [5.74, 6) is 4.06. The van der Waals surface area contributed by atoms with Gasteiger partial charge in [0.1, 0.15) is 6.07 Å². The molecule has 2 N–H and O–H groups in total. The average molecular weight is 440 g/mol. The van der Waals surface area contributed by atoms with Crippen LogP contribution in [0.5, 0.6) is 0 Å². The Morgan fingerprint density at radius 2 is 1.94 bits per heavy atom. The van der Waals surface area contributed by atoms with Crippen LogP contribution in [0.2, 0.25) is 0 Å². The number of nitriles is 1. The fourth-order valence-corrected chi connectivity index (χ4v) is 9.29. The lowest BCUT2D eigenvalue weighted by Crippen LogP contribution is -2.52. The molecule has 0 saturated heterocycles. The summed E-state index contributed by atoms with van der Waals surface area (Å²) in [5.41, 5.74) is -0.563. The smallest absolute Gasteiger partial charge is 0.102 e. The van der Waals surface area contributed by atoms with E-state index in [1.165, 1.54) is 44.9 Å². The van der Waals surface area contributed by atoms with Crippen LogP contribution in [0.4, 0.5) is 0 Å². The van der Waals surface area contributed by atoms with E-state index in [1.54, 1.807) is 17.1 Å². The van der Waals surface area contributed by atoms with Gasteiger partial charge >= 0.3 is 0 Å². The van der Waals surface area contributed by atoms with Crippen molar-refractivity contribution in [2.24, 2.45) is 40.9 Å². The summed E-state index contributed by atoms with van der Waals surface area (Å²) >= 11 is 0. The fraction of sp³-hybridized carbons (Fsp3) is 0.852. The predicted molar refractivity (Wildman–Crippen MR) is 123 cm³/mol. The molecule has 9 atom stereocenters. The van der Waals surface area contributed by atoms with Crippen molar-refractivity contribution in [3.05, 3.63) is 18.0 Å². The van der Waals surface area contributed by atoms with E-state index in [0.717, 1.165) is 37.0 Å². The van der Waals surface area contributed by atoms with Gasteiger partial charge in [0.15, 0.2) is 0 Å². The molecule has 4 aliphatic rings. The van der Waals surface area contributed by atoms with E-state index in [4.69, 9.17) is 5.26 Å². The lowest BCUT2D eigenvalue weighted by atomic mass is 9.49. The zero-order valence-corrected chi connectivity index (χ0v) is 20.1. The number of hydrogen-bond acceptors (Lipinski definition) is 4. The van der Waals surface area contributed by atoms with Crippen molar-refractivity contribution in [2.45, 2.75) is 103 Å². The lowest BCUT2D eigenvalue weighted by molar-refractivity contribution is -0.113. The summed E-state index contributed by atoms with van der Waals surface area (Å²) in [6.45, 7) is 6.97. The van der Waals surface area contributed by atoms with Crippen molar-refractivity contribution < 1.29 is 10.2 Å². The van der Waals surface area contributed by atoms with Gasteiger partial charge in [-0.1, -0.05) is 13.3 Å². The first-order valence-electron chi connectivity index (χ1n) is 13.0. The van der Waals surface area contributed by atoms with Gasteiger partial charge in [-0.25, -0.2) is 0 Å². The molecule has 1 unspecified atom stereocenters. The lowest BCUT2D eigenvalue weighted by Gasteiger charge is -2.56. The third-order valence-electron chi connectivity index (χ3n) is 10.5. The molecule has 4 fully saturated rings. The molecule has 0 aliphatic heterocycles. The summed E-state index contributed by atoms with van der Waals surface area (Å²) in [6, 6.07) is 2.14. The highest BCUT2D eigenvalue weighted by Gasteiger charge is 2.60. The fourth-order valence-electron chi connectivity index (χ4n) is 9.29. The largest absolute Gasteiger partial charge is 0.390 e. The van der Waals surface area contributed by atoms with Crippen LogP contribution in [-0.2, 0) is 6.54 Å². The second-order valence-electron chi connectivity index (χ2n) is 12.6. The van der Waals surface area contributed by atoms with E-state index in [2.05, 4.69) is 25.0 Å². The van der Waals surface area contributed by atoms with Gasteiger partial charge < -0.3 is 10.2 Å². The van der Waals surface area contributed by atoms with Crippen molar-refractivity contribution in [2.75, 3.05) is 0 Å². The van der Waals surface area contributed by atoms with Crippen LogP contribution >= 0.6 is 0 Å².